The monoisotopic (exact) mass is 477 g/mol. The van der Waals surface area contributed by atoms with Gasteiger partial charge >= 0.3 is 5.97 Å². The van der Waals surface area contributed by atoms with Gasteiger partial charge in [0.1, 0.15) is 17.3 Å². The normalized spacial score (nSPS) is 11.6. The molecule has 1 amide bonds. The molecule has 2 N–H and O–H groups in total. The van der Waals surface area contributed by atoms with Gasteiger partial charge in [-0.15, -0.1) is 0 Å². The van der Waals surface area contributed by atoms with E-state index in [0.717, 1.165) is 15.8 Å². The number of nitrogens with one attached hydrogen (secondary N) is 1. The Labute approximate surface area is 199 Å². The van der Waals surface area contributed by atoms with Gasteiger partial charge in [-0.05, 0) is 41.0 Å². The number of carbonyl (C=O) groups is 2. The van der Waals surface area contributed by atoms with Gasteiger partial charge in [0.15, 0.2) is 5.69 Å². The lowest BCUT2D eigenvalue weighted by atomic mass is 9.99. The molecule has 3 aromatic carbocycles. The zero-order chi connectivity index (χ0) is 24.9. The lowest BCUT2D eigenvalue weighted by molar-refractivity contribution is -0.137. The van der Waals surface area contributed by atoms with Crippen LogP contribution in [0.3, 0.4) is 0 Å². The molecule has 4 rings (SSSR count). The molecular weight excluding hydrogens is 456 g/mol. The van der Waals surface area contributed by atoms with E-state index >= 15 is 0 Å². The summed E-state index contributed by atoms with van der Waals surface area (Å²) >= 11 is 0. The lowest BCUT2D eigenvalue weighted by Crippen LogP contribution is -2.30. The molecule has 0 bridgehead atoms. The minimum absolute atomic E-state index is 0.0663. The minimum atomic E-state index is -1.10. The van der Waals surface area contributed by atoms with Gasteiger partial charge in [-0.25, -0.2) is 8.78 Å². The highest BCUT2D eigenvalue weighted by Crippen LogP contribution is 2.25. The number of nitrogens with zero attached hydrogens (tertiary/aromatic N) is 2. The fraction of sp³-hybridized carbons (Fsp3) is 0.115. The van der Waals surface area contributed by atoms with E-state index in [-0.39, 0.29) is 29.5 Å². The maximum absolute atomic E-state index is 14.3. The number of aromatic nitrogens is 2. The fourth-order valence-corrected chi connectivity index (χ4v) is 3.63. The van der Waals surface area contributed by atoms with E-state index in [1.807, 2.05) is 0 Å². The van der Waals surface area contributed by atoms with Crippen molar-refractivity contribution in [3.05, 3.63) is 102 Å². The zero-order valence-electron chi connectivity index (χ0n) is 18.6. The summed E-state index contributed by atoms with van der Waals surface area (Å²) in [5.74, 6) is -2.51. The second kappa shape index (κ2) is 10.2. The Morgan fingerprint density at radius 1 is 1.00 bits per heavy atom. The van der Waals surface area contributed by atoms with Crippen molar-refractivity contribution in [1.82, 2.24) is 15.1 Å². The van der Waals surface area contributed by atoms with E-state index in [9.17, 15) is 23.5 Å². The highest BCUT2D eigenvalue weighted by Gasteiger charge is 2.23. The fourth-order valence-electron chi connectivity index (χ4n) is 3.63. The number of hydrogen-bond donors (Lipinski definition) is 2. The van der Waals surface area contributed by atoms with E-state index in [1.165, 1.54) is 43.5 Å². The first kappa shape index (κ1) is 23.6. The SMILES string of the molecule is COc1cc(C(=O)NC(CC(=O)O)c2ccc(-c3ccc(F)cc3)cc2)nn1-c1ccccc1F. The summed E-state index contributed by atoms with van der Waals surface area (Å²) in [5.41, 5.74) is 2.20. The number of ether oxygens (including phenoxy) is 1. The summed E-state index contributed by atoms with van der Waals surface area (Å²) in [6.07, 6.45) is -0.368. The number of carboxylic acids is 1. The molecule has 178 valence electrons. The van der Waals surface area contributed by atoms with Crippen molar-refractivity contribution in [3.8, 4) is 22.7 Å². The number of rotatable bonds is 8. The summed E-state index contributed by atoms with van der Waals surface area (Å²) in [7, 11) is 1.37. The topological polar surface area (TPSA) is 93.4 Å². The van der Waals surface area contributed by atoms with Crippen LogP contribution >= 0.6 is 0 Å². The Bertz CT molecular complexity index is 1350. The Hall–Kier alpha value is -4.53. The van der Waals surface area contributed by atoms with E-state index < -0.39 is 23.7 Å². The van der Waals surface area contributed by atoms with Crippen molar-refractivity contribution in [2.24, 2.45) is 0 Å². The van der Waals surface area contributed by atoms with E-state index in [4.69, 9.17) is 4.74 Å². The molecule has 1 aromatic heterocycles. The Balaban J connectivity index is 1.58. The number of methoxy groups -OCH3 is 1. The largest absolute Gasteiger partial charge is 0.481 e. The van der Waals surface area contributed by atoms with Gasteiger partial charge in [0, 0.05) is 6.07 Å². The lowest BCUT2D eigenvalue weighted by Gasteiger charge is -2.17. The van der Waals surface area contributed by atoms with Gasteiger partial charge in [0.25, 0.3) is 5.91 Å². The number of benzene rings is 3. The van der Waals surface area contributed by atoms with Crippen molar-refractivity contribution >= 4 is 11.9 Å². The number of carboxylic acid groups (broad SMARTS) is 1. The van der Waals surface area contributed by atoms with E-state index in [2.05, 4.69) is 10.4 Å². The molecule has 9 heteroatoms. The molecule has 0 radical (unpaired) electrons. The summed E-state index contributed by atoms with van der Waals surface area (Å²) < 4.78 is 33.8. The molecule has 0 aliphatic rings. The summed E-state index contributed by atoms with van der Waals surface area (Å²) in [6.45, 7) is 0. The highest BCUT2D eigenvalue weighted by molar-refractivity contribution is 5.93. The zero-order valence-corrected chi connectivity index (χ0v) is 18.6. The number of halogens is 2. The molecule has 0 aliphatic carbocycles. The molecule has 1 unspecified atom stereocenters. The van der Waals surface area contributed by atoms with Gasteiger partial charge in [-0.1, -0.05) is 48.5 Å². The molecule has 0 fully saturated rings. The molecular formula is C26H21F2N3O4. The third-order valence-corrected chi connectivity index (χ3v) is 5.37. The molecule has 0 saturated carbocycles. The Morgan fingerprint density at radius 3 is 2.23 bits per heavy atom. The van der Waals surface area contributed by atoms with Crippen LogP contribution < -0.4 is 10.1 Å². The third-order valence-electron chi connectivity index (χ3n) is 5.37. The average Bonchev–Trinajstić information content (AvgIpc) is 3.29. The first-order chi connectivity index (χ1) is 16.9. The second-order valence-electron chi connectivity index (χ2n) is 7.69. The van der Waals surface area contributed by atoms with Crippen molar-refractivity contribution in [2.75, 3.05) is 7.11 Å². The van der Waals surface area contributed by atoms with Crippen LogP contribution in [0.5, 0.6) is 5.88 Å². The van der Waals surface area contributed by atoms with Crippen LogP contribution in [0.25, 0.3) is 16.8 Å². The van der Waals surface area contributed by atoms with Gasteiger partial charge in [0.05, 0.1) is 19.6 Å². The Kier molecular flexibility index (Phi) is 6.86. The standard InChI is InChI=1S/C26H21F2N3O4/c1-35-24-14-22(30-31(24)23-5-3-2-4-20(23)28)26(34)29-21(15-25(32)33)18-8-6-16(7-9-18)17-10-12-19(27)13-11-17/h2-14,21H,15H2,1H3,(H,29,34)(H,32,33). The molecule has 1 atom stereocenters. The molecule has 4 aromatic rings. The van der Waals surface area contributed by atoms with Crippen molar-refractivity contribution in [2.45, 2.75) is 12.5 Å². The minimum Gasteiger partial charge on any atom is -0.481 e. The van der Waals surface area contributed by atoms with E-state index in [0.29, 0.717) is 5.56 Å². The van der Waals surface area contributed by atoms with Crippen LogP contribution in [0.15, 0.2) is 78.9 Å². The summed E-state index contributed by atoms with van der Waals surface area (Å²) in [5, 5.41) is 16.2. The van der Waals surface area contributed by atoms with Crippen LogP contribution in [0.1, 0.15) is 28.5 Å². The number of aliphatic carboxylic acids is 1. The van der Waals surface area contributed by atoms with Crippen LogP contribution in [0.4, 0.5) is 8.78 Å². The molecule has 0 aliphatic heterocycles. The molecule has 0 saturated heterocycles. The molecule has 7 nitrogen and oxygen atoms in total. The maximum atomic E-state index is 14.3. The number of amides is 1. The predicted molar refractivity (Wildman–Crippen MR) is 124 cm³/mol. The Morgan fingerprint density at radius 2 is 1.63 bits per heavy atom. The summed E-state index contributed by atoms with van der Waals surface area (Å²) in [4.78, 5) is 24.4. The quantitative estimate of drug-likeness (QED) is 0.381. The molecule has 1 heterocycles. The van der Waals surface area contributed by atoms with E-state index in [1.54, 1.807) is 42.5 Å². The van der Waals surface area contributed by atoms with Crippen LogP contribution in [0, 0.1) is 11.6 Å². The van der Waals surface area contributed by atoms with Crippen LogP contribution in [-0.2, 0) is 4.79 Å². The highest BCUT2D eigenvalue weighted by atomic mass is 19.1. The van der Waals surface area contributed by atoms with Crippen LogP contribution in [-0.4, -0.2) is 33.9 Å². The number of carbonyl (C=O) groups excluding carboxylic acids is 1. The third kappa shape index (κ3) is 5.35. The van der Waals surface area contributed by atoms with Crippen molar-refractivity contribution < 1.29 is 28.2 Å². The van der Waals surface area contributed by atoms with Gasteiger partial charge in [0.2, 0.25) is 5.88 Å². The second-order valence-corrected chi connectivity index (χ2v) is 7.69. The average molecular weight is 477 g/mol. The van der Waals surface area contributed by atoms with Gasteiger partial charge in [-0.2, -0.15) is 9.78 Å². The predicted octanol–water partition coefficient (Wildman–Crippen LogP) is 4.77. The van der Waals surface area contributed by atoms with Gasteiger partial charge < -0.3 is 15.2 Å². The smallest absolute Gasteiger partial charge is 0.305 e. The number of para-hydroxylation sites is 1. The molecule has 0 spiro atoms. The first-order valence-electron chi connectivity index (χ1n) is 10.6. The molecule has 35 heavy (non-hydrogen) atoms. The first-order valence-corrected chi connectivity index (χ1v) is 10.6. The number of hydrogen-bond acceptors (Lipinski definition) is 4. The maximum Gasteiger partial charge on any atom is 0.305 e. The van der Waals surface area contributed by atoms with Crippen molar-refractivity contribution in [3.63, 3.8) is 0 Å². The van der Waals surface area contributed by atoms with Crippen molar-refractivity contribution in [1.29, 1.82) is 0 Å². The summed E-state index contributed by atoms with van der Waals surface area (Å²) in [6, 6.07) is 19.3. The van der Waals surface area contributed by atoms with Crippen LogP contribution in [0.2, 0.25) is 0 Å². The van der Waals surface area contributed by atoms with Gasteiger partial charge in [-0.3, -0.25) is 9.59 Å².